The third-order valence-corrected chi connectivity index (χ3v) is 4.79. The number of para-hydroxylation sites is 1. The van der Waals surface area contributed by atoms with E-state index in [9.17, 15) is 9.59 Å². The number of ether oxygens (including phenoxy) is 1. The van der Waals surface area contributed by atoms with Crippen molar-refractivity contribution in [2.75, 3.05) is 22.5 Å². The molecule has 0 saturated heterocycles. The van der Waals surface area contributed by atoms with Crippen molar-refractivity contribution in [2.45, 2.75) is 46.1 Å². The number of nitrogens with zero attached hydrogens (tertiary/aromatic N) is 2. The molecule has 7 nitrogen and oxygen atoms in total. The number of nitrogen functional groups attached to an aromatic ring is 1. The summed E-state index contributed by atoms with van der Waals surface area (Å²) in [6.45, 7) is 7.80. The fraction of sp³-hybridized carbons (Fsp3) is 0.381. The van der Waals surface area contributed by atoms with E-state index >= 15 is 0 Å². The summed E-state index contributed by atoms with van der Waals surface area (Å²) in [7, 11) is 0. The first-order valence-electron chi connectivity index (χ1n) is 9.45. The number of hydrogen-bond acceptors (Lipinski definition) is 5. The molecule has 3 rings (SSSR count). The highest BCUT2D eigenvalue weighted by Gasteiger charge is 2.35. The first kappa shape index (κ1) is 19.7. The Hall–Kier alpha value is -3.09. The van der Waals surface area contributed by atoms with Crippen LogP contribution in [0, 0.1) is 6.92 Å². The molecule has 1 aliphatic heterocycles. The number of carbonyl (C=O) groups excluding carboxylic acids is 2. The van der Waals surface area contributed by atoms with Gasteiger partial charge in [-0.1, -0.05) is 39.0 Å². The van der Waals surface area contributed by atoms with Gasteiger partial charge >= 0.3 is 0 Å². The summed E-state index contributed by atoms with van der Waals surface area (Å²) in [6, 6.07) is 9.21. The summed E-state index contributed by atoms with van der Waals surface area (Å²) in [5, 5.41) is 2.97. The van der Waals surface area contributed by atoms with E-state index in [1.807, 2.05) is 32.0 Å². The first-order valence-corrected chi connectivity index (χ1v) is 9.45. The second-order valence-electron chi connectivity index (χ2n) is 7.24. The van der Waals surface area contributed by atoms with E-state index in [-0.39, 0.29) is 35.9 Å². The summed E-state index contributed by atoms with van der Waals surface area (Å²) in [5.74, 6) is 0.655. The van der Waals surface area contributed by atoms with Crippen molar-refractivity contribution in [3.05, 3.63) is 41.5 Å². The maximum atomic E-state index is 12.8. The zero-order valence-electron chi connectivity index (χ0n) is 16.7. The zero-order chi connectivity index (χ0) is 20.4. The van der Waals surface area contributed by atoms with E-state index in [1.54, 1.807) is 12.1 Å². The molecule has 0 spiro atoms. The van der Waals surface area contributed by atoms with Gasteiger partial charge in [-0.3, -0.25) is 14.5 Å². The Morgan fingerprint density at radius 2 is 2.07 bits per heavy atom. The molecule has 3 N–H and O–H groups in total. The number of carbonyl (C=O) groups is 2. The van der Waals surface area contributed by atoms with Crippen LogP contribution in [-0.4, -0.2) is 29.4 Å². The monoisotopic (exact) mass is 382 g/mol. The number of anilines is 3. The number of nitrogens with one attached hydrogen (secondary N) is 1. The Labute approximate surface area is 164 Å². The molecule has 2 heterocycles. The number of benzene rings is 1. The van der Waals surface area contributed by atoms with Gasteiger partial charge in [0, 0.05) is 5.69 Å². The van der Waals surface area contributed by atoms with Crippen LogP contribution in [0.25, 0.3) is 0 Å². The van der Waals surface area contributed by atoms with Crippen molar-refractivity contribution in [3.8, 4) is 5.75 Å². The van der Waals surface area contributed by atoms with Crippen LogP contribution < -0.4 is 20.7 Å². The molecule has 1 unspecified atom stereocenters. The highest BCUT2D eigenvalue weighted by Crippen LogP contribution is 2.34. The molecular formula is C21H26N4O3. The number of amides is 2. The number of rotatable bonds is 5. The fourth-order valence-electron chi connectivity index (χ4n) is 3.29. The van der Waals surface area contributed by atoms with Crippen molar-refractivity contribution < 1.29 is 14.3 Å². The maximum Gasteiger partial charge on any atom is 0.269 e. The van der Waals surface area contributed by atoms with Gasteiger partial charge in [0.05, 0.1) is 0 Å². The van der Waals surface area contributed by atoms with Gasteiger partial charge in [-0.05, 0) is 42.5 Å². The topological polar surface area (TPSA) is 97.6 Å². The Balaban J connectivity index is 1.88. The summed E-state index contributed by atoms with van der Waals surface area (Å²) < 4.78 is 5.71. The number of nitrogens with two attached hydrogens (primary N) is 1. The Kier molecular flexibility index (Phi) is 5.53. The molecule has 0 fully saturated rings. The molecule has 1 atom stereocenters. The molecule has 1 aromatic carbocycles. The van der Waals surface area contributed by atoms with Crippen molar-refractivity contribution in [1.29, 1.82) is 0 Å². The molecule has 0 radical (unpaired) electrons. The lowest BCUT2D eigenvalue weighted by atomic mass is 9.98. The van der Waals surface area contributed by atoms with Crippen LogP contribution in [0.2, 0.25) is 0 Å². The SMILES string of the molecule is CCC1Oc2ccc(N)nc2N(CC(=O)Nc2c(C)cccc2C(C)C)C1=O. The van der Waals surface area contributed by atoms with Crippen molar-refractivity contribution >= 4 is 29.1 Å². The third kappa shape index (κ3) is 3.78. The quantitative estimate of drug-likeness (QED) is 0.827. The normalized spacial score (nSPS) is 16.0. The van der Waals surface area contributed by atoms with Gasteiger partial charge < -0.3 is 15.8 Å². The van der Waals surface area contributed by atoms with Crippen LogP contribution in [0.15, 0.2) is 30.3 Å². The second kappa shape index (κ2) is 7.88. The molecule has 28 heavy (non-hydrogen) atoms. The van der Waals surface area contributed by atoms with Crippen molar-refractivity contribution in [1.82, 2.24) is 4.98 Å². The first-order chi connectivity index (χ1) is 13.3. The van der Waals surface area contributed by atoms with Gasteiger partial charge in [-0.2, -0.15) is 0 Å². The standard InChI is InChI=1S/C21H26N4O3/c1-5-15-21(27)25(20-16(28-15)9-10-17(22)23-20)11-18(26)24-19-13(4)7-6-8-14(19)12(2)3/h6-10,12,15H,5,11H2,1-4H3,(H2,22,23)(H,24,26). The highest BCUT2D eigenvalue weighted by atomic mass is 16.5. The second-order valence-corrected chi connectivity index (χ2v) is 7.24. The van der Waals surface area contributed by atoms with E-state index in [2.05, 4.69) is 24.1 Å². The molecular weight excluding hydrogens is 356 g/mol. The molecule has 1 aromatic heterocycles. The summed E-state index contributed by atoms with van der Waals surface area (Å²) >= 11 is 0. The van der Waals surface area contributed by atoms with E-state index in [1.165, 1.54) is 4.90 Å². The van der Waals surface area contributed by atoms with Crippen LogP contribution >= 0.6 is 0 Å². The molecule has 1 aliphatic rings. The predicted molar refractivity (Wildman–Crippen MR) is 110 cm³/mol. The Bertz CT molecular complexity index is 911. The third-order valence-electron chi connectivity index (χ3n) is 4.79. The minimum atomic E-state index is -0.643. The van der Waals surface area contributed by atoms with Gasteiger partial charge in [0.1, 0.15) is 12.4 Å². The van der Waals surface area contributed by atoms with E-state index in [0.717, 1.165) is 16.8 Å². The number of fused-ring (bicyclic) bond motifs is 1. The average Bonchev–Trinajstić information content (AvgIpc) is 2.65. The highest BCUT2D eigenvalue weighted by molar-refractivity contribution is 6.06. The van der Waals surface area contributed by atoms with Gasteiger partial charge in [0.15, 0.2) is 17.7 Å². The lowest BCUT2D eigenvalue weighted by Gasteiger charge is -2.32. The smallest absolute Gasteiger partial charge is 0.269 e. The Morgan fingerprint density at radius 3 is 2.75 bits per heavy atom. The maximum absolute atomic E-state index is 12.8. The minimum absolute atomic E-state index is 0.159. The molecule has 0 saturated carbocycles. The Morgan fingerprint density at radius 1 is 1.32 bits per heavy atom. The molecule has 7 heteroatoms. The molecule has 0 aliphatic carbocycles. The molecule has 148 valence electrons. The average molecular weight is 382 g/mol. The van der Waals surface area contributed by atoms with Gasteiger partial charge in [-0.25, -0.2) is 4.98 Å². The summed E-state index contributed by atoms with van der Waals surface area (Å²) in [5.41, 5.74) is 8.59. The molecule has 2 amide bonds. The van der Waals surface area contributed by atoms with E-state index in [0.29, 0.717) is 12.2 Å². The number of pyridine rings is 1. The molecule has 0 bridgehead atoms. The lowest BCUT2D eigenvalue weighted by Crippen LogP contribution is -2.49. The summed E-state index contributed by atoms with van der Waals surface area (Å²) in [4.78, 5) is 31.2. The minimum Gasteiger partial charge on any atom is -0.477 e. The van der Waals surface area contributed by atoms with Crippen LogP contribution in [0.3, 0.4) is 0 Å². The number of hydrogen-bond donors (Lipinski definition) is 2. The van der Waals surface area contributed by atoms with Crippen molar-refractivity contribution in [2.24, 2.45) is 0 Å². The summed E-state index contributed by atoms with van der Waals surface area (Å²) in [6.07, 6.45) is -0.147. The zero-order valence-corrected chi connectivity index (χ0v) is 16.7. The van der Waals surface area contributed by atoms with E-state index < -0.39 is 6.10 Å². The largest absolute Gasteiger partial charge is 0.477 e. The van der Waals surface area contributed by atoms with Gasteiger partial charge in [0.25, 0.3) is 5.91 Å². The lowest BCUT2D eigenvalue weighted by molar-refractivity contribution is -0.128. The van der Waals surface area contributed by atoms with Gasteiger partial charge in [0.2, 0.25) is 5.91 Å². The number of aryl methyl sites for hydroxylation is 1. The number of aromatic nitrogens is 1. The van der Waals surface area contributed by atoms with E-state index in [4.69, 9.17) is 10.5 Å². The van der Waals surface area contributed by atoms with Gasteiger partial charge in [-0.15, -0.1) is 0 Å². The fourth-order valence-corrected chi connectivity index (χ4v) is 3.29. The van der Waals surface area contributed by atoms with Crippen LogP contribution in [0.4, 0.5) is 17.3 Å². The van der Waals surface area contributed by atoms with Crippen LogP contribution in [-0.2, 0) is 9.59 Å². The molecule has 2 aromatic rings. The van der Waals surface area contributed by atoms with Crippen LogP contribution in [0.5, 0.6) is 5.75 Å². The van der Waals surface area contributed by atoms with Crippen LogP contribution in [0.1, 0.15) is 44.2 Å². The van der Waals surface area contributed by atoms with Crippen molar-refractivity contribution in [3.63, 3.8) is 0 Å². The predicted octanol–water partition coefficient (Wildman–Crippen LogP) is 3.24.